The van der Waals surface area contributed by atoms with Crippen LogP contribution in [0.4, 0.5) is 10.5 Å². The predicted octanol–water partition coefficient (Wildman–Crippen LogP) is 1.25. The fourth-order valence-corrected chi connectivity index (χ4v) is 3.34. The highest BCUT2D eigenvalue weighted by atomic mass is 16.2. The minimum atomic E-state index is -0.468. The molecule has 2 aliphatic rings. The standard InChI is InChI=1S/C18H24N4O3/c1-2-3-4-12-5-7-13(8-6-12)20-18(25)21-14-9-15-17(24)19-10-16(23)22(15)11-14/h5-8,14-15H,2-4,9-11H2,1H3,(H,19,24)(H2,20,21,25). The number of amides is 4. The van der Waals surface area contributed by atoms with Crippen LogP contribution in [0.5, 0.6) is 0 Å². The maximum absolute atomic E-state index is 12.2. The second-order valence-electron chi connectivity index (χ2n) is 6.61. The van der Waals surface area contributed by atoms with Crippen LogP contribution in [0.15, 0.2) is 24.3 Å². The number of hydrogen-bond acceptors (Lipinski definition) is 3. The molecule has 2 fully saturated rings. The molecule has 2 saturated heterocycles. The number of nitrogens with one attached hydrogen (secondary N) is 3. The van der Waals surface area contributed by atoms with E-state index in [1.165, 1.54) is 5.56 Å². The molecule has 2 unspecified atom stereocenters. The second kappa shape index (κ2) is 7.55. The molecule has 2 aliphatic heterocycles. The van der Waals surface area contributed by atoms with Crippen molar-refractivity contribution in [2.45, 2.75) is 44.7 Å². The molecule has 3 N–H and O–H groups in total. The fourth-order valence-electron chi connectivity index (χ4n) is 3.34. The maximum atomic E-state index is 12.2. The number of carbonyl (C=O) groups excluding carboxylic acids is 3. The average Bonchev–Trinajstić information content (AvgIpc) is 3.02. The van der Waals surface area contributed by atoms with E-state index in [1.54, 1.807) is 4.90 Å². The van der Waals surface area contributed by atoms with Gasteiger partial charge in [-0.05, 0) is 37.0 Å². The SMILES string of the molecule is CCCCc1ccc(NC(=O)NC2CC3C(=O)NCC(=O)N3C2)cc1. The summed E-state index contributed by atoms with van der Waals surface area (Å²) in [6.45, 7) is 2.58. The zero-order valence-corrected chi connectivity index (χ0v) is 14.4. The summed E-state index contributed by atoms with van der Waals surface area (Å²) in [7, 11) is 0. The van der Waals surface area contributed by atoms with Gasteiger partial charge in [0.15, 0.2) is 0 Å². The minimum absolute atomic E-state index is 0.0403. The monoisotopic (exact) mass is 344 g/mol. The Bertz CT molecular complexity index is 635. The van der Waals surface area contributed by atoms with Crippen LogP contribution in [0.1, 0.15) is 31.7 Å². The van der Waals surface area contributed by atoms with Gasteiger partial charge in [-0.25, -0.2) is 4.79 Å². The lowest BCUT2D eigenvalue weighted by atomic mass is 10.1. The first kappa shape index (κ1) is 17.3. The number of fused-ring (bicyclic) bond motifs is 1. The van der Waals surface area contributed by atoms with Crippen LogP contribution in [-0.2, 0) is 16.0 Å². The summed E-state index contributed by atoms with van der Waals surface area (Å²) < 4.78 is 0. The van der Waals surface area contributed by atoms with Crippen molar-refractivity contribution in [1.82, 2.24) is 15.5 Å². The van der Waals surface area contributed by atoms with E-state index in [4.69, 9.17) is 0 Å². The Morgan fingerprint density at radius 1 is 1.28 bits per heavy atom. The third-order valence-electron chi connectivity index (χ3n) is 4.70. The van der Waals surface area contributed by atoms with Gasteiger partial charge >= 0.3 is 6.03 Å². The van der Waals surface area contributed by atoms with Gasteiger partial charge in [-0.15, -0.1) is 0 Å². The number of nitrogens with zero attached hydrogens (tertiary/aromatic N) is 1. The Morgan fingerprint density at radius 3 is 2.72 bits per heavy atom. The number of benzene rings is 1. The number of unbranched alkanes of at least 4 members (excludes halogenated alkanes) is 1. The maximum Gasteiger partial charge on any atom is 0.319 e. The molecule has 0 aromatic heterocycles. The van der Waals surface area contributed by atoms with Crippen LogP contribution in [-0.4, -0.2) is 47.9 Å². The Labute approximate surface area is 147 Å². The van der Waals surface area contributed by atoms with Crippen LogP contribution < -0.4 is 16.0 Å². The quantitative estimate of drug-likeness (QED) is 0.751. The first-order valence-electron chi connectivity index (χ1n) is 8.80. The van der Waals surface area contributed by atoms with Gasteiger partial charge in [-0.2, -0.15) is 0 Å². The van der Waals surface area contributed by atoms with Crippen molar-refractivity contribution < 1.29 is 14.4 Å². The third-order valence-corrected chi connectivity index (χ3v) is 4.70. The molecule has 134 valence electrons. The van der Waals surface area contributed by atoms with Crippen LogP contribution in [0.25, 0.3) is 0 Å². The van der Waals surface area contributed by atoms with Crippen molar-refractivity contribution >= 4 is 23.5 Å². The average molecular weight is 344 g/mol. The zero-order valence-electron chi connectivity index (χ0n) is 14.4. The molecule has 0 saturated carbocycles. The molecule has 1 aromatic rings. The van der Waals surface area contributed by atoms with Gasteiger partial charge in [0.2, 0.25) is 11.8 Å². The van der Waals surface area contributed by atoms with E-state index in [9.17, 15) is 14.4 Å². The summed E-state index contributed by atoms with van der Waals surface area (Å²) in [6, 6.07) is 6.80. The summed E-state index contributed by atoms with van der Waals surface area (Å²) in [4.78, 5) is 37.4. The van der Waals surface area contributed by atoms with E-state index >= 15 is 0 Å². The van der Waals surface area contributed by atoms with Gasteiger partial charge in [-0.3, -0.25) is 9.59 Å². The highest BCUT2D eigenvalue weighted by molar-refractivity contribution is 5.96. The molecule has 0 radical (unpaired) electrons. The molecule has 0 bridgehead atoms. The van der Waals surface area contributed by atoms with Crippen LogP contribution in [0.2, 0.25) is 0 Å². The highest BCUT2D eigenvalue weighted by Crippen LogP contribution is 2.21. The molecule has 25 heavy (non-hydrogen) atoms. The molecule has 7 nitrogen and oxygen atoms in total. The molecular formula is C18H24N4O3. The molecular weight excluding hydrogens is 320 g/mol. The van der Waals surface area contributed by atoms with E-state index < -0.39 is 6.04 Å². The largest absolute Gasteiger partial charge is 0.345 e. The Hall–Kier alpha value is -2.57. The number of hydrogen-bond donors (Lipinski definition) is 3. The molecule has 1 aromatic carbocycles. The lowest BCUT2D eigenvalue weighted by Crippen LogP contribution is -2.55. The van der Waals surface area contributed by atoms with Gasteiger partial charge in [0.1, 0.15) is 6.04 Å². The molecule has 3 rings (SSSR count). The van der Waals surface area contributed by atoms with Crippen molar-refractivity contribution in [2.75, 3.05) is 18.4 Å². The molecule has 0 aliphatic carbocycles. The normalized spacial score (nSPS) is 22.4. The second-order valence-corrected chi connectivity index (χ2v) is 6.61. The zero-order chi connectivity index (χ0) is 17.8. The van der Waals surface area contributed by atoms with Crippen molar-refractivity contribution in [3.63, 3.8) is 0 Å². The van der Waals surface area contributed by atoms with Crippen LogP contribution in [0.3, 0.4) is 0 Å². The Kier molecular flexibility index (Phi) is 5.21. The summed E-state index contributed by atoms with van der Waals surface area (Å²) in [6.07, 6.45) is 3.79. The number of rotatable bonds is 5. The van der Waals surface area contributed by atoms with Gasteiger partial charge < -0.3 is 20.9 Å². The first-order valence-corrected chi connectivity index (χ1v) is 8.80. The van der Waals surface area contributed by atoms with Gasteiger partial charge in [0.05, 0.1) is 12.6 Å². The first-order chi connectivity index (χ1) is 12.1. The molecule has 0 spiro atoms. The third kappa shape index (κ3) is 4.10. The van der Waals surface area contributed by atoms with E-state index in [2.05, 4.69) is 22.9 Å². The molecule has 2 heterocycles. The number of carbonyl (C=O) groups is 3. The molecule has 4 amide bonds. The van der Waals surface area contributed by atoms with Crippen LogP contribution >= 0.6 is 0 Å². The summed E-state index contributed by atoms with van der Waals surface area (Å²) in [5.74, 6) is -0.246. The van der Waals surface area contributed by atoms with Gasteiger partial charge in [0, 0.05) is 12.2 Å². The summed E-state index contributed by atoms with van der Waals surface area (Å²) in [5, 5.41) is 8.23. The van der Waals surface area contributed by atoms with Crippen LogP contribution in [0, 0.1) is 0 Å². The van der Waals surface area contributed by atoms with Crippen molar-refractivity contribution in [3.05, 3.63) is 29.8 Å². The number of urea groups is 1. The van der Waals surface area contributed by atoms with Gasteiger partial charge in [0.25, 0.3) is 0 Å². The van der Waals surface area contributed by atoms with E-state index in [-0.39, 0.29) is 30.4 Å². The molecule has 7 heteroatoms. The van der Waals surface area contributed by atoms with Crippen molar-refractivity contribution in [1.29, 1.82) is 0 Å². The van der Waals surface area contributed by atoms with E-state index in [1.807, 2.05) is 24.3 Å². The lowest BCUT2D eigenvalue weighted by Gasteiger charge is -2.28. The number of piperazine rings is 1. The molecule has 2 atom stereocenters. The Morgan fingerprint density at radius 2 is 2.04 bits per heavy atom. The summed E-state index contributed by atoms with van der Waals surface area (Å²) in [5.41, 5.74) is 1.98. The number of anilines is 1. The van der Waals surface area contributed by atoms with Crippen molar-refractivity contribution in [3.8, 4) is 0 Å². The van der Waals surface area contributed by atoms with Crippen molar-refractivity contribution in [2.24, 2.45) is 0 Å². The predicted molar refractivity (Wildman–Crippen MR) is 94.1 cm³/mol. The van der Waals surface area contributed by atoms with E-state index in [0.29, 0.717) is 13.0 Å². The highest BCUT2D eigenvalue weighted by Gasteiger charge is 2.42. The Balaban J connectivity index is 1.51. The fraction of sp³-hybridized carbons (Fsp3) is 0.500. The lowest BCUT2D eigenvalue weighted by molar-refractivity contribution is -0.143. The smallest absolute Gasteiger partial charge is 0.319 e. The van der Waals surface area contributed by atoms with Gasteiger partial charge in [-0.1, -0.05) is 25.5 Å². The van der Waals surface area contributed by atoms with E-state index in [0.717, 1.165) is 24.9 Å². The minimum Gasteiger partial charge on any atom is -0.345 e. The summed E-state index contributed by atoms with van der Waals surface area (Å²) >= 11 is 0. The number of aryl methyl sites for hydroxylation is 1. The topological polar surface area (TPSA) is 90.5 Å².